The lowest BCUT2D eigenvalue weighted by atomic mass is 10.1. The molecule has 2 aliphatic carbocycles. The molecule has 54 heavy (non-hydrogen) atoms. The van der Waals surface area contributed by atoms with Gasteiger partial charge in [-0.25, -0.2) is 13.2 Å². The highest BCUT2D eigenvalue weighted by atomic mass is 32.2. The zero-order valence-corrected chi connectivity index (χ0v) is 32.4. The highest BCUT2D eigenvalue weighted by Gasteiger charge is 2.62. The summed E-state index contributed by atoms with van der Waals surface area (Å²) in [7, 11) is 1.35. The molecule has 4 aliphatic rings. The number of nitrogens with zero attached hydrogens (tertiary/aromatic N) is 3. The summed E-state index contributed by atoms with van der Waals surface area (Å²) in [5, 5.41) is 6.36. The van der Waals surface area contributed by atoms with E-state index in [0.717, 1.165) is 5.39 Å². The molecule has 3 fully saturated rings. The van der Waals surface area contributed by atoms with Crippen LogP contribution in [0.4, 0.5) is 10.6 Å². The summed E-state index contributed by atoms with van der Waals surface area (Å²) in [5.41, 5.74) is -2.39. The second kappa shape index (κ2) is 15.2. The summed E-state index contributed by atoms with van der Waals surface area (Å²) < 4.78 is 51.1. The molecule has 17 heteroatoms. The molecule has 2 aromatic rings. The Kier molecular flexibility index (Phi) is 11.0. The average molecular weight is 771 g/mol. The minimum absolute atomic E-state index is 0.0112. The molecule has 1 aromatic carbocycles. The Hall–Kier alpha value is -4.64. The van der Waals surface area contributed by atoms with E-state index >= 15 is 0 Å². The number of pyridine rings is 1. The van der Waals surface area contributed by atoms with E-state index < -0.39 is 74.3 Å². The summed E-state index contributed by atoms with van der Waals surface area (Å²) in [4.78, 5) is 63.4. The molecular formula is C37H50N6O10S. The van der Waals surface area contributed by atoms with Gasteiger partial charge < -0.3 is 39.4 Å². The molecule has 2 aliphatic heterocycles. The van der Waals surface area contributed by atoms with Gasteiger partial charge in [0.1, 0.15) is 40.9 Å². The average Bonchev–Trinajstić information content (AvgIpc) is 4.02. The van der Waals surface area contributed by atoms with E-state index in [0.29, 0.717) is 42.8 Å². The van der Waals surface area contributed by atoms with E-state index in [1.807, 2.05) is 43.3 Å². The number of carbonyl (C=O) groups excluding carboxylic acids is 4. The summed E-state index contributed by atoms with van der Waals surface area (Å²) in [6, 6.07) is 5.06. The Morgan fingerprint density at radius 1 is 1.11 bits per heavy atom. The third kappa shape index (κ3) is 8.83. The van der Waals surface area contributed by atoms with Crippen molar-refractivity contribution in [2.45, 2.75) is 93.9 Å². The lowest BCUT2D eigenvalue weighted by Gasteiger charge is -2.30. The number of hydrogen-bond donors (Lipinski definition) is 3. The number of amides is 4. The molecule has 3 N–H and O–H groups in total. The van der Waals surface area contributed by atoms with Gasteiger partial charge in [0, 0.05) is 44.8 Å². The highest BCUT2D eigenvalue weighted by molar-refractivity contribution is 7.91. The number of aromatic nitrogens is 1. The van der Waals surface area contributed by atoms with Crippen LogP contribution in [0.5, 0.6) is 11.6 Å². The third-order valence-corrected chi connectivity index (χ3v) is 11.7. The number of carbonyl (C=O) groups is 4. The van der Waals surface area contributed by atoms with E-state index in [9.17, 15) is 27.6 Å². The molecule has 0 bridgehead atoms. The van der Waals surface area contributed by atoms with Gasteiger partial charge in [0.15, 0.2) is 0 Å². The Balaban J connectivity index is 1.34. The van der Waals surface area contributed by atoms with Gasteiger partial charge in [0.05, 0.1) is 25.5 Å². The first kappa shape index (κ1) is 39.1. The highest BCUT2D eigenvalue weighted by Crippen LogP contribution is 2.46. The largest absolute Gasteiger partial charge is 0.497 e. The zero-order valence-electron chi connectivity index (χ0n) is 31.5. The van der Waals surface area contributed by atoms with Gasteiger partial charge in [0.25, 0.3) is 5.91 Å². The molecule has 0 spiro atoms. The minimum Gasteiger partial charge on any atom is -0.497 e. The van der Waals surface area contributed by atoms with Crippen LogP contribution >= 0.6 is 0 Å². The first-order valence-corrected chi connectivity index (χ1v) is 19.8. The van der Waals surface area contributed by atoms with E-state index in [1.54, 1.807) is 40.0 Å². The van der Waals surface area contributed by atoms with Gasteiger partial charge in [-0.1, -0.05) is 12.2 Å². The number of sulfonamides is 1. The molecule has 294 valence electrons. The van der Waals surface area contributed by atoms with Crippen LogP contribution in [-0.4, -0.2) is 118 Å². The van der Waals surface area contributed by atoms with Crippen molar-refractivity contribution in [1.82, 2.24) is 25.2 Å². The smallest absolute Gasteiger partial charge is 0.408 e. The molecule has 0 radical (unpaired) electrons. The Morgan fingerprint density at radius 2 is 1.87 bits per heavy atom. The number of hydrogen-bond acceptors (Lipinski definition) is 12. The van der Waals surface area contributed by atoms with Crippen molar-refractivity contribution < 1.29 is 46.5 Å². The third-order valence-electron chi connectivity index (χ3n) is 9.88. The van der Waals surface area contributed by atoms with Crippen LogP contribution in [0, 0.1) is 5.92 Å². The van der Waals surface area contributed by atoms with Crippen molar-refractivity contribution in [3.8, 4) is 11.6 Å². The Morgan fingerprint density at radius 3 is 2.56 bits per heavy atom. The number of ether oxygens (including phenoxy) is 4. The Bertz CT molecular complexity index is 1930. The van der Waals surface area contributed by atoms with Crippen LogP contribution in [0.2, 0.25) is 0 Å². The molecule has 1 saturated heterocycles. The Labute approximate surface area is 315 Å². The number of anilines is 1. The quantitative estimate of drug-likeness (QED) is 0.333. The number of fused-ring (bicyclic) bond motifs is 3. The van der Waals surface area contributed by atoms with Gasteiger partial charge in [-0.15, -0.1) is 0 Å². The number of methoxy groups -OCH3 is 1. The van der Waals surface area contributed by atoms with Crippen molar-refractivity contribution in [1.29, 1.82) is 0 Å². The maximum atomic E-state index is 14.5. The van der Waals surface area contributed by atoms with E-state index in [-0.39, 0.29) is 38.3 Å². The number of benzene rings is 1. The molecule has 5 atom stereocenters. The van der Waals surface area contributed by atoms with E-state index in [4.69, 9.17) is 23.9 Å². The molecule has 1 unspecified atom stereocenters. The van der Waals surface area contributed by atoms with E-state index in [1.165, 1.54) is 4.90 Å². The molecule has 3 heterocycles. The zero-order chi connectivity index (χ0) is 39.0. The van der Waals surface area contributed by atoms with Crippen molar-refractivity contribution in [2.75, 3.05) is 45.9 Å². The standard InChI is InChI=1S/C37H50N6O10S/c1-36(2,3)53-35(47)38-28-14-16-51-15-8-7-9-23-20-37(23,34(46)41-54(48,49)26-11-12-26)40-31(44)29-19-25(21-43(29)33(28)45)52-32-27-13-10-24(50-6)17-22(27)18-30(39-32)42(4)5/h7,9-10,13,17-18,23,25-26,28-29H,8,11-12,14-16,19-21H2,1-6H3,(H,38,47)(H,40,44)(H,41,46)/b9-7-/t23-,25?,28+,29+,37-/m1/s1. The van der Waals surface area contributed by atoms with Gasteiger partial charge in [0.2, 0.25) is 27.7 Å². The van der Waals surface area contributed by atoms with Gasteiger partial charge >= 0.3 is 6.09 Å². The fraction of sp³-hybridized carbons (Fsp3) is 0.595. The van der Waals surface area contributed by atoms with Crippen molar-refractivity contribution in [3.63, 3.8) is 0 Å². The van der Waals surface area contributed by atoms with Gasteiger partial charge in [-0.05, 0) is 76.1 Å². The van der Waals surface area contributed by atoms with Crippen molar-refractivity contribution in [3.05, 3.63) is 36.4 Å². The first-order valence-electron chi connectivity index (χ1n) is 18.2. The first-order chi connectivity index (χ1) is 25.5. The number of rotatable bonds is 8. The lowest BCUT2D eigenvalue weighted by molar-refractivity contribution is -0.141. The topological polar surface area (TPSA) is 195 Å². The SMILES string of the molecule is COc1ccc2c(OC3C[C@H]4C(=O)N[C@]5(C(=O)NS(=O)(=O)C6CC6)C[C@H]5/C=C\CCOCC[C@H](NC(=O)OC(C)(C)C)C(=O)N4C3)nc(N(C)C)cc2c1. The maximum absolute atomic E-state index is 14.5. The van der Waals surface area contributed by atoms with Gasteiger partial charge in [-0.2, -0.15) is 4.98 Å². The molecule has 1 aromatic heterocycles. The molecule has 2 saturated carbocycles. The monoisotopic (exact) mass is 770 g/mol. The van der Waals surface area contributed by atoms with Crippen LogP contribution in [0.1, 0.15) is 59.3 Å². The predicted molar refractivity (Wildman–Crippen MR) is 199 cm³/mol. The molecular weight excluding hydrogens is 721 g/mol. The number of nitrogens with one attached hydrogen (secondary N) is 3. The summed E-state index contributed by atoms with van der Waals surface area (Å²) in [5.74, 6) is -1.01. The second-order valence-corrected chi connectivity index (χ2v) is 17.5. The lowest BCUT2D eigenvalue weighted by Crippen LogP contribution is -2.58. The molecule has 4 amide bonds. The van der Waals surface area contributed by atoms with Crippen LogP contribution < -0.4 is 29.7 Å². The predicted octanol–water partition coefficient (Wildman–Crippen LogP) is 2.40. The normalized spacial score (nSPS) is 27.0. The van der Waals surface area contributed by atoms with Gasteiger partial charge in [-0.3, -0.25) is 19.1 Å². The van der Waals surface area contributed by atoms with Crippen molar-refractivity contribution in [2.24, 2.45) is 5.92 Å². The summed E-state index contributed by atoms with van der Waals surface area (Å²) in [6.45, 7) is 5.47. The summed E-state index contributed by atoms with van der Waals surface area (Å²) in [6.07, 6.45) is 3.71. The van der Waals surface area contributed by atoms with Crippen LogP contribution in [0.25, 0.3) is 10.8 Å². The van der Waals surface area contributed by atoms with Crippen LogP contribution in [0.3, 0.4) is 0 Å². The van der Waals surface area contributed by atoms with E-state index in [2.05, 4.69) is 15.4 Å². The van der Waals surface area contributed by atoms with Crippen molar-refractivity contribution >= 4 is 50.4 Å². The molecule has 16 nitrogen and oxygen atoms in total. The second-order valence-electron chi connectivity index (χ2n) is 15.5. The molecule has 6 rings (SSSR count). The van der Waals surface area contributed by atoms with Crippen LogP contribution in [0.15, 0.2) is 36.4 Å². The fourth-order valence-electron chi connectivity index (χ4n) is 6.76. The summed E-state index contributed by atoms with van der Waals surface area (Å²) >= 11 is 0. The number of alkyl carbamates (subject to hydrolysis) is 1. The maximum Gasteiger partial charge on any atom is 0.408 e. The van der Waals surface area contributed by atoms with Crippen LogP contribution in [-0.2, 0) is 33.9 Å². The minimum atomic E-state index is -3.91. The fourth-order valence-corrected chi connectivity index (χ4v) is 8.12.